The van der Waals surface area contributed by atoms with E-state index < -0.39 is 6.29 Å². The van der Waals surface area contributed by atoms with Gasteiger partial charge in [0.05, 0.1) is 11.8 Å². The van der Waals surface area contributed by atoms with E-state index in [0.29, 0.717) is 28.8 Å². The summed E-state index contributed by atoms with van der Waals surface area (Å²) in [5.41, 5.74) is 6.84. The highest BCUT2D eigenvalue weighted by Gasteiger charge is 2.18. The summed E-state index contributed by atoms with van der Waals surface area (Å²) in [6, 6.07) is 17.4. The van der Waals surface area contributed by atoms with E-state index in [0.717, 1.165) is 22.3 Å². The molecule has 1 aliphatic heterocycles. The first-order valence-electron chi connectivity index (χ1n) is 11.1. The Morgan fingerprint density at radius 2 is 1.21 bits per heavy atom. The van der Waals surface area contributed by atoms with E-state index in [2.05, 4.69) is 26.0 Å². The minimum absolute atomic E-state index is 0.0187. The van der Waals surface area contributed by atoms with E-state index in [1.54, 1.807) is 30.5 Å². The molecule has 0 saturated carbocycles. The number of aromatic nitrogens is 3. The number of ether oxygens (including phenoxy) is 2. The Morgan fingerprint density at radius 1 is 0.706 bits per heavy atom. The van der Waals surface area contributed by atoms with E-state index in [1.807, 2.05) is 38.1 Å². The molecule has 0 spiro atoms. The van der Waals surface area contributed by atoms with Crippen LogP contribution in [0.4, 0.5) is 0 Å². The molecule has 0 bridgehead atoms. The van der Waals surface area contributed by atoms with E-state index in [9.17, 15) is 5.11 Å². The van der Waals surface area contributed by atoms with Crippen LogP contribution in [0.5, 0.6) is 11.5 Å². The molecule has 170 valence electrons. The van der Waals surface area contributed by atoms with E-state index in [-0.39, 0.29) is 5.75 Å². The highest BCUT2D eigenvalue weighted by Crippen LogP contribution is 2.34. The van der Waals surface area contributed by atoms with Crippen molar-refractivity contribution in [3.63, 3.8) is 0 Å². The molecular formula is C28H25N3O3. The first-order valence-corrected chi connectivity index (χ1v) is 11.1. The first-order chi connectivity index (χ1) is 16.4. The lowest BCUT2D eigenvalue weighted by atomic mass is 10.0. The van der Waals surface area contributed by atoms with Crippen LogP contribution in [-0.4, -0.2) is 26.3 Å². The normalized spacial score (nSPS) is 14.4. The van der Waals surface area contributed by atoms with Crippen molar-refractivity contribution in [2.45, 2.75) is 34.0 Å². The van der Waals surface area contributed by atoms with Crippen molar-refractivity contribution in [1.82, 2.24) is 15.0 Å². The first kappa shape index (κ1) is 21.6. The lowest BCUT2D eigenvalue weighted by molar-refractivity contribution is -0.0246. The van der Waals surface area contributed by atoms with Crippen LogP contribution in [0, 0.1) is 27.7 Å². The minimum Gasteiger partial charge on any atom is -0.507 e. The summed E-state index contributed by atoms with van der Waals surface area (Å²) in [7, 11) is 0. The van der Waals surface area contributed by atoms with Crippen LogP contribution in [0.25, 0.3) is 34.2 Å². The zero-order valence-corrected chi connectivity index (χ0v) is 19.5. The SMILES string of the molecule is Cc1ccc(-c2nc(-c3ccc(C)cc3C)nc(-c3ccc(OC4C=CO4)cc3O)n2)c(C)c1. The van der Waals surface area contributed by atoms with Crippen molar-refractivity contribution in [2.24, 2.45) is 0 Å². The Bertz CT molecular complexity index is 1360. The van der Waals surface area contributed by atoms with Gasteiger partial charge in [-0.05, 0) is 51.0 Å². The second-order valence-corrected chi connectivity index (χ2v) is 8.57. The van der Waals surface area contributed by atoms with Crippen LogP contribution in [0.1, 0.15) is 22.3 Å². The molecule has 34 heavy (non-hydrogen) atoms. The Balaban J connectivity index is 1.65. The molecular weight excluding hydrogens is 426 g/mol. The maximum absolute atomic E-state index is 10.8. The Labute approximate surface area is 198 Å². The van der Waals surface area contributed by atoms with Crippen molar-refractivity contribution < 1.29 is 14.6 Å². The average Bonchev–Trinajstić information content (AvgIpc) is 2.76. The fourth-order valence-corrected chi connectivity index (χ4v) is 3.98. The number of benzene rings is 3. The fourth-order valence-electron chi connectivity index (χ4n) is 3.98. The van der Waals surface area contributed by atoms with Crippen LogP contribution in [-0.2, 0) is 4.74 Å². The van der Waals surface area contributed by atoms with Gasteiger partial charge in [-0.2, -0.15) is 0 Å². The summed E-state index contributed by atoms with van der Waals surface area (Å²) >= 11 is 0. The molecule has 0 radical (unpaired) electrons. The largest absolute Gasteiger partial charge is 0.507 e. The fraction of sp³-hybridized carbons (Fsp3) is 0.179. The lowest BCUT2D eigenvalue weighted by Gasteiger charge is -2.20. The van der Waals surface area contributed by atoms with Crippen molar-refractivity contribution in [3.05, 3.63) is 89.2 Å². The van der Waals surface area contributed by atoms with Gasteiger partial charge in [-0.15, -0.1) is 0 Å². The summed E-state index contributed by atoms with van der Waals surface area (Å²) < 4.78 is 10.8. The molecule has 1 unspecified atom stereocenters. The van der Waals surface area contributed by atoms with Gasteiger partial charge in [0.15, 0.2) is 17.5 Å². The van der Waals surface area contributed by atoms with Gasteiger partial charge in [-0.3, -0.25) is 0 Å². The third-order valence-electron chi connectivity index (χ3n) is 5.79. The molecule has 1 atom stereocenters. The molecule has 6 heteroatoms. The maximum Gasteiger partial charge on any atom is 0.263 e. The summed E-state index contributed by atoms with van der Waals surface area (Å²) in [6.45, 7) is 8.21. The molecule has 0 fully saturated rings. The quantitative estimate of drug-likeness (QED) is 0.397. The monoisotopic (exact) mass is 451 g/mol. The average molecular weight is 452 g/mol. The molecule has 6 nitrogen and oxygen atoms in total. The van der Waals surface area contributed by atoms with Crippen molar-refractivity contribution in [2.75, 3.05) is 0 Å². The maximum atomic E-state index is 10.8. The highest BCUT2D eigenvalue weighted by molar-refractivity contribution is 5.72. The van der Waals surface area contributed by atoms with Crippen LogP contribution >= 0.6 is 0 Å². The molecule has 2 heterocycles. The Hall–Kier alpha value is -4.19. The van der Waals surface area contributed by atoms with Crippen LogP contribution in [0.15, 0.2) is 66.9 Å². The molecule has 0 aliphatic carbocycles. The number of phenolic OH excluding ortho intramolecular Hbond substituents is 1. The van der Waals surface area contributed by atoms with Gasteiger partial charge >= 0.3 is 0 Å². The zero-order chi connectivity index (χ0) is 23.8. The van der Waals surface area contributed by atoms with E-state index >= 15 is 0 Å². The molecule has 0 saturated heterocycles. The predicted molar refractivity (Wildman–Crippen MR) is 131 cm³/mol. The van der Waals surface area contributed by atoms with Gasteiger partial charge in [0.2, 0.25) is 0 Å². The van der Waals surface area contributed by atoms with Gasteiger partial charge in [-0.1, -0.05) is 47.5 Å². The van der Waals surface area contributed by atoms with E-state index in [4.69, 9.17) is 24.4 Å². The smallest absolute Gasteiger partial charge is 0.263 e. The Morgan fingerprint density at radius 3 is 1.65 bits per heavy atom. The predicted octanol–water partition coefficient (Wildman–Crippen LogP) is 6.06. The highest BCUT2D eigenvalue weighted by atomic mass is 16.7. The Kier molecular flexibility index (Phi) is 5.49. The molecule has 1 aromatic heterocycles. The minimum atomic E-state index is -0.436. The van der Waals surface area contributed by atoms with E-state index in [1.165, 1.54) is 11.1 Å². The summed E-state index contributed by atoms with van der Waals surface area (Å²) in [5, 5.41) is 10.8. The molecule has 1 aliphatic rings. The van der Waals surface area contributed by atoms with Gasteiger partial charge in [0.1, 0.15) is 11.5 Å². The molecule has 3 aromatic carbocycles. The number of aryl methyl sites for hydroxylation is 4. The standard InChI is InChI=1S/C28H25N3O3/c1-16-5-8-21(18(3)13-16)26-29-27(22-9-6-17(2)14-19(22)4)31-28(30-26)23-10-7-20(15-24(23)32)34-25-11-12-33-25/h5-15,25,32H,1-4H3. The van der Waals surface area contributed by atoms with Crippen molar-refractivity contribution in [1.29, 1.82) is 0 Å². The third kappa shape index (κ3) is 4.22. The number of hydrogen-bond acceptors (Lipinski definition) is 6. The number of nitrogens with zero attached hydrogens (tertiary/aromatic N) is 3. The van der Waals surface area contributed by atoms with Gasteiger partial charge < -0.3 is 14.6 Å². The topological polar surface area (TPSA) is 77.4 Å². The lowest BCUT2D eigenvalue weighted by Crippen LogP contribution is -2.21. The number of hydrogen-bond donors (Lipinski definition) is 1. The van der Waals surface area contributed by atoms with Gasteiger partial charge in [-0.25, -0.2) is 15.0 Å². The van der Waals surface area contributed by atoms with Gasteiger partial charge in [0.25, 0.3) is 6.29 Å². The summed E-state index contributed by atoms with van der Waals surface area (Å²) in [4.78, 5) is 14.3. The molecule has 5 rings (SSSR count). The van der Waals surface area contributed by atoms with Crippen LogP contribution in [0.3, 0.4) is 0 Å². The number of phenols is 1. The molecule has 0 amide bonds. The van der Waals surface area contributed by atoms with Crippen LogP contribution < -0.4 is 4.74 Å². The van der Waals surface area contributed by atoms with Gasteiger partial charge in [0, 0.05) is 23.3 Å². The second kappa shape index (κ2) is 8.63. The molecule has 4 aromatic rings. The van der Waals surface area contributed by atoms with Crippen molar-refractivity contribution >= 4 is 0 Å². The molecule has 1 N–H and O–H groups in total. The zero-order valence-electron chi connectivity index (χ0n) is 19.5. The third-order valence-corrected chi connectivity index (χ3v) is 5.79. The summed E-state index contributed by atoms with van der Waals surface area (Å²) in [5.74, 6) is 2.03. The second-order valence-electron chi connectivity index (χ2n) is 8.57. The number of rotatable bonds is 5. The van der Waals surface area contributed by atoms with Crippen LogP contribution in [0.2, 0.25) is 0 Å². The summed E-state index contributed by atoms with van der Waals surface area (Å²) in [6.07, 6.45) is 2.91. The number of aromatic hydroxyl groups is 1. The van der Waals surface area contributed by atoms with Crippen molar-refractivity contribution in [3.8, 4) is 45.7 Å².